The first-order valence-corrected chi connectivity index (χ1v) is 6.82. The Bertz CT molecular complexity index is 482. The smallest absolute Gasteiger partial charge is 0.177 e. The molecule has 1 aromatic heterocycles. The van der Waals surface area contributed by atoms with Gasteiger partial charge in [-0.15, -0.1) is 0 Å². The van der Waals surface area contributed by atoms with Crippen LogP contribution in [0.4, 0.5) is 0 Å². The van der Waals surface area contributed by atoms with E-state index in [0.29, 0.717) is 5.69 Å². The Balaban J connectivity index is 2.63. The topological polar surface area (TPSA) is 94.6 Å². The van der Waals surface area contributed by atoms with Gasteiger partial charge in [-0.05, 0) is 19.1 Å². The van der Waals surface area contributed by atoms with E-state index in [1.165, 1.54) is 18.6 Å². The third-order valence-corrected chi connectivity index (χ3v) is 3.09. The lowest BCUT2D eigenvalue weighted by molar-refractivity contribution is 0.0575. The Labute approximate surface area is 100 Å². The van der Waals surface area contributed by atoms with Gasteiger partial charge in [0.25, 0.3) is 0 Å². The zero-order chi connectivity index (χ0) is 12.9. The summed E-state index contributed by atoms with van der Waals surface area (Å²) in [6.07, 6.45) is 3.27. The number of aliphatic imine (C=N–C) groups is 1. The molecule has 7 heteroatoms. The zero-order valence-electron chi connectivity index (χ0n) is 9.70. The molecule has 0 bridgehead atoms. The summed E-state index contributed by atoms with van der Waals surface area (Å²) in [5, 5.41) is 0. The molecule has 1 heterocycles. The number of pyridine rings is 1. The number of sulfone groups is 1. The van der Waals surface area contributed by atoms with Gasteiger partial charge in [0, 0.05) is 12.5 Å². The fraction of sp³-hybridized carbons (Fsp3) is 0.400. The van der Waals surface area contributed by atoms with Crippen LogP contribution < -0.4 is 5.73 Å². The Morgan fingerprint density at radius 1 is 1.59 bits per heavy atom. The predicted molar refractivity (Wildman–Crippen MR) is 64.3 cm³/mol. The van der Waals surface area contributed by atoms with Crippen LogP contribution in [0.25, 0.3) is 0 Å². The van der Waals surface area contributed by atoms with Crippen molar-refractivity contribution in [3.05, 3.63) is 24.0 Å². The highest BCUT2D eigenvalue weighted by molar-refractivity contribution is 7.90. The molecule has 17 heavy (non-hydrogen) atoms. The second-order valence-corrected chi connectivity index (χ2v) is 5.48. The van der Waals surface area contributed by atoms with Gasteiger partial charge in [0.05, 0.1) is 23.5 Å². The van der Waals surface area contributed by atoms with Gasteiger partial charge in [0.2, 0.25) is 0 Å². The molecule has 6 nitrogen and oxygen atoms in total. The Hall–Kier alpha value is -1.47. The molecular weight excluding hydrogens is 242 g/mol. The molecule has 0 aliphatic carbocycles. The van der Waals surface area contributed by atoms with Crippen LogP contribution >= 0.6 is 0 Å². The second kappa shape index (κ2) is 5.74. The largest absolute Gasteiger partial charge is 0.390 e. The summed E-state index contributed by atoms with van der Waals surface area (Å²) in [6, 6.07) is 3.10. The average molecular weight is 257 g/mol. The zero-order valence-corrected chi connectivity index (χ0v) is 10.5. The van der Waals surface area contributed by atoms with Gasteiger partial charge in [0.15, 0.2) is 9.84 Å². The molecular formula is C10H15N3O3S. The van der Waals surface area contributed by atoms with Crippen molar-refractivity contribution < 1.29 is 13.2 Å². The van der Waals surface area contributed by atoms with E-state index in [2.05, 4.69) is 9.98 Å². The summed E-state index contributed by atoms with van der Waals surface area (Å²) in [7, 11) is -3.20. The lowest BCUT2D eigenvalue weighted by Crippen LogP contribution is -2.08. The van der Waals surface area contributed by atoms with Gasteiger partial charge in [0.1, 0.15) is 6.23 Å². The van der Waals surface area contributed by atoms with E-state index in [0.717, 1.165) is 6.26 Å². The van der Waals surface area contributed by atoms with Crippen molar-refractivity contribution in [3.63, 3.8) is 0 Å². The number of nitrogens with two attached hydrogens (primary N) is 1. The van der Waals surface area contributed by atoms with E-state index in [1.807, 2.05) is 0 Å². The molecule has 0 saturated carbocycles. The van der Waals surface area contributed by atoms with Crippen molar-refractivity contribution in [3.8, 4) is 0 Å². The molecule has 0 amide bonds. The lowest BCUT2D eigenvalue weighted by Gasteiger charge is -2.07. The highest BCUT2D eigenvalue weighted by atomic mass is 32.2. The SMILES string of the molecule is CC(N=CN)OCc1ccc(S(C)(=O)=O)cn1. The first kappa shape index (κ1) is 13.6. The number of aromatic nitrogens is 1. The monoisotopic (exact) mass is 257 g/mol. The van der Waals surface area contributed by atoms with Crippen LogP contribution in [0.3, 0.4) is 0 Å². The van der Waals surface area contributed by atoms with Crippen LogP contribution in [0.15, 0.2) is 28.2 Å². The summed E-state index contributed by atoms with van der Waals surface area (Å²) in [4.78, 5) is 7.98. The summed E-state index contributed by atoms with van der Waals surface area (Å²) < 4.78 is 27.7. The molecule has 94 valence electrons. The molecule has 0 saturated heterocycles. The van der Waals surface area contributed by atoms with Gasteiger partial charge >= 0.3 is 0 Å². The van der Waals surface area contributed by atoms with Crippen molar-refractivity contribution in [2.45, 2.75) is 24.7 Å². The maximum Gasteiger partial charge on any atom is 0.177 e. The van der Waals surface area contributed by atoms with Crippen molar-refractivity contribution in [1.82, 2.24) is 4.98 Å². The Morgan fingerprint density at radius 3 is 2.76 bits per heavy atom. The summed E-state index contributed by atoms with van der Waals surface area (Å²) >= 11 is 0. The minimum atomic E-state index is -3.20. The van der Waals surface area contributed by atoms with Crippen molar-refractivity contribution in [1.29, 1.82) is 0 Å². The maximum absolute atomic E-state index is 11.2. The third-order valence-electron chi connectivity index (χ3n) is 1.99. The van der Waals surface area contributed by atoms with Gasteiger partial charge in [-0.3, -0.25) is 4.98 Å². The average Bonchev–Trinajstić information content (AvgIpc) is 2.26. The van der Waals surface area contributed by atoms with E-state index < -0.39 is 9.84 Å². The molecule has 1 atom stereocenters. The van der Waals surface area contributed by atoms with Crippen LogP contribution in [0.5, 0.6) is 0 Å². The predicted octanol–water partition coefficient (Wildman–Crippen LogP) is 0.335. The van der Waals surface area contributed by atoms with E-state index >= 15 is 0 Å². The van der Waals surface area contributed by atoms with E-state index in [1.54, 1.807) is 13.0 Å². The van der Waals surface area contributed by atoms with E-state index in [9.17, 15) is 8.42 Å². The highest BCUT2D eigenvalue weighted by Gasteiger charge is 2.07. The van der Waals surface area contributed by atoms with Crippen molar-refractivity contribution >= 4 is 16.2 Å². The number of nitrogens with zero attached hydrogens (tertiary/aromatic N) is 2. The molecule has 0 radical (unpaired) electrons. The van der Waals surface area contributed by atoms with Gasteiger partial charge in [-0.25, -0.2) is 13.4 Å². The molecule has 0 aliphatic rings. The summed E-state index contributed by atoms with van der Waals surface area (Å²) in [5.41, 5.74) is 5.75. The Morgan fingerprint density at radius 2 is 2.29 bits per heavy atom. The van der Waals surface area contributed by atoms with Crippen LogP contribution in [-0.4, -0.2) is 32.2 Å². The van der Waals surface area contributed by atoms with Gasteiger partial charge in [-0.2, -0.15) is 0 Å². The first-order valence-electron chi connectivity index (χ1n) is 4.93. The number of hydrogen-bond donors (Lipinski definition) is 1. The number of hydrogen-bond acceptors (Lipinski definition) is 5. The summed E-state index contributed by atoms with van der Waals surface area (Å²) in [5.74, 6) is 0. The standard InChI is InChI=1S/C10H15N3O3S/c1-8(13-7-11)16-6-9-3-4-10(5-12-9)17(2,14)15/h3-5,7-8H,6H2,1-2H3,(H2,11,13). The van der Waals surface area contributed by atoms with Crippen LogP contribution in [0.2, 0.25) is 0 Å². The minimum absolute atomic E-state index is 0.189. The Kier molecular flexibility index (Phi) is 4.59. The minimum Gasteiger partial charge on any atom is -0.390 e. The fourth-order valence-corrected chi connectivity index (χ4v) is 1.65. The van der Waals surface area contributed by atoms with Crippen LogP contribution in [0, 0.1) is 0 Å². The second-order valence-electron chi connectivity index (χ2n) is 3.47. The maximum atomic E-state index is 11.2. The van der Waals surface area contributed by atoms with E-state index in [-0.39, 0.29) is 17.7 Å². The van der Waals surface area contributed by atoms with Gasteiger partial charge < -0.3 is 10.5 Å². The lowest BCUT2D eigenvalue weighted by atomic mass is 10.4. The normalized spacial score (nSPS) is 14.0. The third kappa shape index (κ3) is 4.49. The molecule has 0 aliphatic heterocycles. The number of ether oxygens (including phenoxy) is 1. The fourth-order valence-electron chi connectivity index (χ4n) is 1.09. The molecule has 1 rings (SSSR count). The highest BCUT2D eigenvalue weighted by Crippen LogP contribution is 2.08. The summed E-state index contributed by atoms with van der Waals surface area (Å²) in [6.45, 7) is 2.00. The molecule has 2 N–H and O–H groups in total. The molecule has 1 unspecified atom stereocenters. The molecule has 1 aromatic rings. The first-order chi connectivity index (χ1) is 7.93. The van der Waals surface area contributed by atoms with Crippen molar-refractivity contribution in [2.24, 2.45) is 10.7 Å². The van der Waals surface area contributed by atoms with Crippen LogP contribution in [0.1, 0.15) is 12.6 Å². The van der Waals surface area contributed by atoms with Crippen molar-refractivity contribution in [2.75, 3.05) is 6.26 Å². The quantitative estimate of drug-likeness (QED) is 0.606. The number of rotatable bonds is 5. The molecule has 0 spiro atoms. The molecule has 0 fully saturated rings. The van der Waals surface area contributed by atoms with Gasteiger partial charge in [-0.1, -0.05) is 0 Å². The molecule has 0 aromatic carbocycles. The van der Waals surface area contributed by atoms with Crippen LogP contribution in [-0.2, 0) is 21.2 Å². The van der Waals surface area contributed by atoms with E-state index in [4.69, 9.17) is 10.5 Å².